The molecule has 3 aromatic rings. The van der Waals surface area contributed by atoms with Crippen molar-refractivity contribution >= 4 is 32.6 Å². The normalized spacial score (nSPS) is 11.4. The van der Waals surface area contributed by atoms with E-state index in [4.69, 9.17) is 9.47 Å². The van der Waals surface area contributed by atoms with Crippen LogP contribution in [-0.2, 0) is 26.1 Å². The van der Waals surface area contributed by atoms with Crippen LogP contribution in [0.1, 0.15) is 22.8 Å². The van der Waals surface area contributed by atoms with E-state index in [2.05, 4.69) is 9.71 Å². The summed E-state index contributed by atoms with van der Waals surface area (Å²) in [7, 11) is -2.31. The molecule has 2 aromatic carbocycles. The number of benzene rings is 2. The molecule has 0 atom stereocenters. The maximum Gasteiger partial charge on any atom is 0.338 e. The molecule has 3 rings (SSSR count). The summed E-state index contributed by atoms with van der Waals surface area (Å²) in [6.07, 6.45) is 1.56. The van der Waals surface area contributed by atoms with Crippen LogP contribution in [0, 0.1) is 0 Å². The van der Waals surface area contributed by atoms with E-state index in [9.17, 15) is 13.2 Å². The molecule has 1 N–H and O–H groups in total. The molecule has 0 saturated carbocycles. The number of carbonyl (C=O) groups excluding carboxylic acids is 1. The number of hydrogen-bond donors (Lipinski definition) is 1. The molecule has 28 heavy (non-hydrogen) atoms. The molecule has 0 unspecified atom stereocenters. The Bertz CT molecular complexity index is 1100. The van der Waals surface area contributed by atoms with Crippen molar-refractivity contribution in [2.45, 2.75) is 18.4 Å². The summed E-state index contributed by atoms with van der Waals surface area (Å²) in [5, 5.41) is 0.713. The van der Waals surface area contributed by atoms with Crippen LogP contribution in [0.2, 0.25) is 0 Å². The molecule has 0 aliphatic rings. The highest BCUT2D eigenvalue weighted by atomic mass is 32.2. The SMILES string of the molecule is CCOC(=O)c1ccc(NS(=O)(=O)c2cccc3c(COC)ccnc23)cc1. The first-order valence-corrected chi connectivity index (χ1v) is 10.1. The van der Waals surface area contributed by atoms with Crippen molar-refractivity contribution in [1.82, 2.24) is 4.98 Å². The fourth-order valence-electron chi connectivity index (χ4n) is 2.80. The van der Waals surface area contributed by atoms with Gasteiger partial charge in [0.25, 0.3) is 10.0 Å². The molecule has 0 bridgehead atoms. The van der Waals surface area contributed by atoms with E-state index in [-0.39, 0.29) is 11.5 Å². The van der Waals surface area contributed by atoms with Crippen LogP contribution in [0.3, 0.4) is 0 Å². The van der Waals surface area contributed by atoms with Gasteiger partial charge in [-0.3, -0.25) is 9.71 Å². The van der Waals surface area contributed by atoms with E-state index in [1.807, 2.05) is 6.07 Å². The van der Waals surface area contributed by atoms with Crippen LogP contribution in [-0.4, -0.2) is 33.1 Å². The Morgan fingerprint density at radius 3 is 2.54 bits per heavy atom. The minimum absolute atomic E-state index is 0.0671. The molecular formula is C20H20N2O5S. The number of hydrogen-bond acceptors (Lipinski definition) is 6. The van der Waals surface area contributed by atoms with Gasteiger partial charge in [-0.1, -0.05) is 12.1 Å². The Morgan fingerprint density at radius 2 is 1.86 bits per heavy atom. The molecule has 0 aliphatic heterocycles. The number of rotatable bonds is 7. The lowest BCUT2D eigenvalue weighted by molar-refractivity contribution is 0.0526. The van der Waals surface area contributed by atoms with Gasteiger partial charge in [0.2, 0.25) is 0 Å². The Hall–Kier alpha value is -2.97. The van der Waals surface area contributed by atoms with Crippen LogP contribution in [0.5, 0.6) is 0 Å². The fourth-order valence-corrected chi connectivity index (χ4v) is 4.03. The Labute approximate surface area is 163 Å². The number of ether oxygens (including phenoxy) is 2. The number of esters is 1. The first kappa shape index (κ1) is 19.8. The number of nitrogens with zero attached hydrogens (tertiary/aromatic N) is 1. The Kier molecular flexibility index (Phi) is 5.91. The van der Waals surface area contributed by atoms with Crippen molar-refractivity contribution < 1.29 is 22.7 Å². The monoisotopic (exact) mass is 400 g/mol. The van der Waals surface area contributed by atoms with Gasteiger partial charge in [0.1, 0.15) is 4.90 Å². The molecule has 7 nitrogen and oxygen atoms in total. The van der Waals surface area contributed by atoms with E-state index >= 15 is 0 Å². The second-order valence-electron chi connectivity index (χ2n) is 5.96. The summed E-state index contributed by atoms with van der Waals surface area (Å²) >= 11 is 0. The van der Waals surface area contributed by atoms with Crippen molar-refractivity contribution in [1.29, 1.82) is 0 Å². The second kappa shape index (κ2) is 8.37. The van der Waals surface area contributed by atoms with Gasteiger partial charge < -0.3 is 9.47 Å². The van der Waals surface area contributed by atoms with Gasteiger partial charge in [-0.2, -0.15) is 0 Å². The average Bonchev–Trinajstić information content (AvgIpc) is 2.68. The predicted octanol–water partition coefficient (Wildman–Crippen LogP) is 3.36. The largest absolute Gasteiger partial charge is 0.462 e. The van der Waals surface area contributed by atoms with E-state index in [1.165, 1.54) is 30.3 Å². The summed E-state index contributed by atoms with van der Waals surface area (Å²) in [5.74, 6) is -0.458. The molecule has 0 amide bonds. The molecule has 0 saturated heterocycles. The topological polar surface area (TPSA) is 94.6 Å². The molecular weight excluding hydrogens is 380 g/mol. The lowest BCUT2D eigenvalue weighted by atomic mass is 10.1. The fraction of sp³-hybridized carbons (Fsp3) is 0.200. The highest BCUT2D eigenvalue weighted by molar-refractivity contribution is 7.93. The number of fused-ring (bicyclic) bond motifs is 1. The molecule has 8 heteroatoms. The van der Waals surface area contributed by atoms with Gasteiger partial charge in [-0.25, -0.2) is 13.2 Å². The van der Waals surface area contributed by atoms with Gasteiger partial charge >= 0.3 is 5.97 Å². The molecule has 0 spiro atoms. The predicted molar refractivity (Wildman–Crippen MR) is 106 cm³/mol. The number of carbonyl (C=O) groups is 1. The first-order valence-electron chi connectivity index (χ1n) is 8.62. The van der Waals surface area contributed by atoms with Crippen molar-refractivity contribution in [2.24, 2.45) is 0 Å². The number of methoxy groups -OCH3 is 1. The van der Waals surface area contributed by atoms with Crippen molar-refractivity contribution in [3.05, 3.63) is 65.9 Å². The van der Waals surface area contributed by atoms with Crippen LogP contribution < -0.4 is 4.72 Å². The summed E-state index contributed by atoms with van der Waals surface area (Å²) < 4.78 is 38.5. The number of nitrogens with one attached hydrogen (secondary N) is 1. The maximum atomic E-state index is 12.9. The van der Waals surface area contributed by atoms with Gasteiger partial charge in [-0.15, -0.1) is 0 Å². The molecule has 0 fully saturated rings. The smallest absolute Gasteiger partial charge is 0.338 e. The molecule has 1 heterocycles. The maximum absolute atomic E-state index is 12.9. The lowest BCUT2D eigenvalue weighted by Crippen LogP contribution is -2.14. The van der Waals surface area contributed by atoms with E-state index in [0.29, 0.717) is 28.8 Å². The minimum atomic E-state index is -3.88. The Balaban J connectivity index is 1.93. The van der Waals surface area contributed by atoms with Crippen LogP contribution >= 0.6 is 0 Å². The summed E-state index contributed by atoms with van der Waals surface area (Å²) in [5.41, 5.74) is 1.90. The number of sulfonamides is 1. The lowest BCUT2D eigenvalue weighted by Gasteiger charge is -2.12. The van der Waals surface area contributed by atoms with Crippen molar-refractivity contribution in [2.75, 3.05) is 18.4 Å². The van der Waals surface area contributed by atoms with Gasteiger partial charge in [-0.05, 0) is 48.9 Å². The number of anilines is 1. The number of pyridine rings is 1. The Morgan fingerprint density at radius 1 is 1.11 bits per heavy atom. The van der Waals surface area contributed by atoms with E-state index < -0.39 is 16.0 Å². The van der Waals surface area contributed by atoms with Gasteiger partial charge in [0.15, 0.2) is 0 Å². The zero-order valence-electron chi connectivity index (χ0n) is 15.5. The number of aromatic nitrogens is 1. The highest BCUT2D eigenvalue weighted by Gasteiger charge is 2.19. The van der Waals surface area contributed by atoms with Crippen molar-refractivity contribution in [3.63, 3.8) is 0 Å². The zero-order valence-corrected chi connectivity index (χ0v) is 16.3. The third-order valence-corrected chi connectivity index (χ3v) is 5.47. The first-order chi connectivity index (χ1) is 13.5. The van der Waals surface area contributed by atoms with Crippen LogP contribution in [0.15, 0.2) is 59.6 Å². The summed E-state index contributed by atoms with van der Waals surface area (Å²) in [6.45, 7) is 2.34. The van der Waals surface area contributed by atoms with Gasteiger partial charge in [0.05, 0.1) is 24.3 Å². The van der Waals surface area contributed by atoms with E-state index in [0.717, 1.165) is 5.56 Å². The van der Waals surface area contributed by atoms with Crippen LogP contribution in [0.4, 0.5) is 5.69 Å². The molecule has 0 aliphatic carbocycles. The highest BCUT2D eigenvalue weighted by Crippen LogP contribution is 2.26. The van der Waals surface area contributed by atoms with Crippen LogP contribution in [0.25, 0.3) is 10.9 Å². The average molecular weight is 400 g/mol. The molecule has 0 radical (unpaired) electrons. The third kappa shape index (κ3) is 4.13. The number of para-hydroxylation sites is 1. The minimum Gasteiger partial charge on any atom is -0.462 e. The zero-order chi connectivity index (χ0) is 20.1. The van der Waals surface area contributed by atoms with E-state index in [1.54, 1.807) is 32.4 Å². The van der Waals surface area contributed by atoms with Crippen molar-refractivity contribution in [3.8, 4) is 0 Å². The third-order valence-electron chi connectivity index (χ3n) is 4.06. The second-order valence-corrected chi connectivity index (χ2v) is 7.61. The quantitative estimate of drug-likeness (QED) is 0.611. The molecule has 1 aromatic heterocycles. The summed E-state index contributed by atoms with van der Waals surface area (Å²) in [4.78, 5) is 16.0. The standard InChI is InChI=1S/C20H20N2O5S/c1-3-27-20(23)14-7-9-16(10-8-14)22-28(24,25)18-6-4-5-17-15(13-26-2)11-12-21-19(17)18/h4-12,22H,3,13H2,1-2H3. The summed E-state index contributed by atoms with van der Waals surface area (Å²) in [6, 6.07) is 12.8. The van der Waals surface area contributed by atoms with Gasteiger partial charge in [0, 0.05) is 24.4 Å². The molecule has 146 valence electrons.